The van der Waals surface area contributed by atoms with Gasteiger partial charge < -0.3 is 37.3 Å². The Bertz CT molecular complexity index is 4850. The van der Waals surface area contributed by atoms with Gasteiger partial charge in [0.15, 0.2) is 22.3 Å². The van der Waals surface area contributed by atoms with E-state index in [2.05, 4.69) is 271 Å². The van der Waals surface area contributed by atoms with Crippen molar-refractivity contribution in [1.82, 2.24) is 9.97 Å². The first-order valence-electron chi connectivity index (χ1n) is 38.8. The van der Waals surface area contributed by atoms with Gasteiger partial charge in [-0.2, -0.15) is 0 Å². The van der Waals surface area contributed by atoms with E-state index in [1.807, 2.05) is 24.4 Å². The van der Waals surface area contributed by atoms with E-state index in [4.69, 9.17) is 17.7 Å². The third kappa shape index (κ3) is 11.3. The Balaban J connectivity index is 0.000000110. The van der Waals surface area contributed by atoms with E-state index in [1.165, 1.54) is 155 Å². The molecular weight excluding hydrogens is 1250 g/mol. The molecule has 2 spiro atoms. The molecule has 6 aliphatic rings. The summed E-state index contributed by atoms with van der Waals surface area (Å²) in [5.41, 5.74) is 19.8. The molecule has 4 aliphatic heterocycles. The molecule has 10 nitrogen and oxygen atoms in total. The lowest BCUT2D eigenvalue weighted by atomic mass is 9.68. The molecular formula is C92H114N6O4. The zero-order valence-electron chi connectivity index (χ0n) is 65.2. The van der Waals surface area contributed by atoms with Gasteiger partial charge in [0.25, 0.3) is 0 Å². The Kier molecular flexibility index (Phi) is 17.0. The van der Waals surface area contributed by atoms with Crippen molar-refractivity contribution in [2.75, 3.05) is 19.6 Å². The third-order valence-electron chi connectivity index (χ3n) is 26.8. The standard InChI is InChI=1S/C25H31NO.C24H30N2O.C22H27NO.C21H26N2O/c1-17-12-13-20-19-10-6-7-11-21(19)27-23(20)22(17)26-18(2)25(16-24(26,3)4)14-8-5-9-15-25;1-16-10-11-18-19-9-8-14-25-22(19)27-21(18)20(16)26-17(2)24(15-23(26,3)4)12-6-5-7-13-24;1-14-11-12-17-16-9-7-8-10-18(16)24-20(17)19(14)23-15(2)21(3,4)13-22(23,5)6;1-13-9-10-15-16-8-7-11-22-19(16)24-18(15)17(13)23-14(2)20(3,4)12-21(23,5)6/h6-7,10-13,18H,5,8-9,14-16H2,1-4H3;8-11,14,17H,5-7,12-13,15H2,1-4H3;7-12,15H,13H2,1-6H3;7-11,14H,12H2,1-6H3. The van der Waals surface area contributed by atoms with Gasteiger partial charge in [-0.3, -0.25) is 0 Å². The van der Waals surface area contributed by atoms with E-state index in [0.717, 1.165) is 67.5 Å². The first kappa shape index (κ1) is 69.7. The molecule has 102 heavy (non-hydrogen) atoms. The van der Waals surface area contributed by atoms with Gasteiger partial charge in [-0.15, -0.1) is 0 Å². The first-order valence-corrected chi connectivity index (χ1v) is 38.8. The number of benzene rings is 6. The maximum Gasteiger partial charge on any atom is 0.227 e. The average Bonchev–Trinajstić information content (AvgIpc) is 1.60. The number of fused-ring (bicyclic) bond motifs is 12. The van der Waals surface area contributed by atoms with E-state index in [1.54, 1.807) is 6.20 Å². The fourth-order valence-corrected chi connectivity index (χ4v) is 22.4. The molecule has 2 saturated carbocycles. The SMILES string of the molecule is Cc1ccc2c(oc3ccccc32)c1N1C(C)C(C)(C)CC1(C)C.Cc1ccc2c(oc3ccccc32)c1N1C(C)C2(CCCCC2)CC1(C)C.Cc1ccc2c(oc3ncccc32)c1N1C(C)C(C)(C)CC1(C)C.Cc1ccc2c(oc3ncccc32)c1N1C(C)C2(CCCCC2)CC1(C)C. The predicted molar refractivity (Wildman–Crippen MR) is 431 cm³/mol. The van der Waals surface area contributed by atoms with Crippen LogP contribution in [0.1, 0.15) is 223 Å². The summed E-state index contributed by atoms with van der Waals surface area (Å²) in [5, 5.41) is 9.46. The number of hydrogen-bond donors (Lipinski definition) is 0. The van der Waals surface area contributed by atoms with Crippen LogP contribution in [0.5, 0.6) is 0 Å². The molecule has 4 unspecified atom stereocenters. The lowest BCUT2D eigenvalue weighted by Gasteiger charge is -2.41. The Morgan fingerprint density at radius 3 is 0.912 bits per heavy atom. The lowest BCUT2D eigenvalue weighted by Crippen LogP contribution is -2.44. The zero-order valence-corrected chi connectivity index (χ0v) is 65.2. The molecule has 0 amide bonds. The summed E-state index contributed by atoms with van der Waals surface area (Å²) in [5.74, 6) is 0. The molecule has 4 atom stereocenters. The largest absolute Gasteiger partial charge is 0.454 e. The van der Waals surface area contributed by atoms with E-state index < -0.39 is 0 Å². The van der Waals surface area contributed by atoms with Crippen LogP contribution >= 0.6 is 0 Å². The van der Waals surface area contributed by atoms with Crippen molar-refractivity contribution >= 4 is 111 Å². The Labute approximate surface area is 606 Å². The van der Waals surface area contributed by atoms with Crippen molar-refractivity contribution in [3.8, 4) is 0 Å². The number of anilines is 4. The minimum Gasteiger partial charge on any atom is -0.454 e. The van der Waals surface area contributed by atoms with Crippen LogP contribution in [0.4, 0.5) is 22.7 Å². The van der Waals surface area contributed by atoms with Crippen LogP contribution in [0.3, 0.4) is 0 Å². The van der Waals surface area contributed by atoms with Crippen molar-refractivity contribution in [2.24, 2.45) is 21.7 Å². The molecule has 0 radical (unpaired) electrons. The fraction of sp³-hybridized carbons (Fsp3) is 0.500. The topological polar surface area (TPSA) is 91.3 Å². The van der Waals surface area contributed by atoms with Gasteiger partial charge in [0.05, 0.1) is 22.7 Å². The van der Waals surface area contributed by atoms with Gasteiger partial charge in [-0.05, 0) is 242 Å². The summed E-state index contributed by atoms with van der Waals surface area (Å²) < 4.78 is 25.4. The van der Waals surface area contributed by atoms with Gasteiger partial charge in [-0.1, -0.05) is 151 Å². The monoisotopic (exact) mass is 1370 g/mol. The summed E-state index contributed by atoms with van der Waals surface area (Å²) in [6.07, 6.45) is 22.4. The maximum absolute atomic E-state index is 6.45. The molecule has 6 aromatic heterocycles. The van der Waals surface area contributed by atoms with Gasteiger partial charge in [0, 0.05) is 102 Å². The van der Waals surface area contributed by atoms with Crippen LogP contribution in [0.2, 0.25) is 0 Å². The highest BCUT2D eigenvalue weighted by atomic mass is 16.3. The van der Waals surface area contributed by atoms with Crippen LogP contribution < -0.4 is 19.6 Å². The minimum absolute atomic E-state index is 0.0916. The minimum atomic E-state index is 0.0916. The second kappa shape index (κ2) is 24.9. The number of rotatable bonds is 4. The second-order valence-electron chi connectivity index (χ2n) is 36.5. The Hall–Kier alpha value is -7.98. The molecule has 2 aliphatic carbocycles. The molecule has 0 bridgehead atoms. The van der Waals surface area contributed by atoms with E-state index in [9.17, 15) is 0 Å². The highest BCUT2D eigenvalue weighted by Gasteiger charge is 2.57. The Morgan fingerprint density at radius 2 is 0.588 bits per heavy atom. The number of nitrogens with zero attached hydrogens (tertiary/aromatic N) is 6. The normalized spacial score (nSPS) is 23.5. The summed E-state index contributed by atoms with van der Waals surface area (Å²) >= 11 is 0. The maximum atomic E-state index is 6.45. The van der Waals surface area contributed by atoms with Crippen LogP contribution in [-0.4, -0.2) is 56.3 Å². The molecule has 10 heteroatoms. The highest BCUT2D eigenvalue weighted by molar-refractivity contribution is 6.12. The van der Waals surface area contributed by atoms with Crippen molar-refractivity contribution in [3.63, 3.8) is 0 Å². The molecule has 6 aromatic carbocycles. The smallest absolute Gasteiger partial charge is 0.227 e. The number of furan rings is 4. The molecule has 536 valence electrons. The molecule has 12 aromatic rings. The van der Waals surface area contributed by atoms with Crippen molar-refractivity contribution < 1.29 is 17.7 Å². The molecule has 18 rings (SSSR count). The van der Waals surface area contributed by atoms with Crippen LogP contribution in [0.15, 0.2) is 151 Å². The quantitative estimate of drug-likeness (QED) is 0.170. The van der Waals surface area contributed by atoms with Gasteiger partial charge in [-0.25, -0.2) is 9.97 Å². The van der Waals surface area contributed by atoms with Crippen molar-refractivity contribution in [1.29, 1.82) is 0 Å². The molecule has 6 fully saturated rings. The van der Waals surface area contributed by atoms with E-state index in [0.29, 0.717) is 35.0 Å². The molecule has 0 N–H and O–H groups in total. The van der Waals surface area contributed by atoms with Crippen molar-refractivity contribution in [3.05, 3.63) is 156 Å². The zero-order chi connectivity index (χ0) is 72.2. The van der Waals surface area contributed by atoms with Crippen LogP contribution in [0, 0.1) is 49.4 Å². The van der Waals surface area contributed by atoms with E-state index in [-0.39, 0.29) is 33.0 Å². The lowest BCUT2D eigenvalue weighted by molar-refractivity contribution is 0.170. The Morgan fingerprint density at radius 1 is 0.304 bits per heavy atom. The van der Waals surface area contributed by atoms with Crippen LogP contribution in [0.25, 0.3) is 88.0 Å². The third-order valence-corrected chi connectivity index (χ3v) is 26.8. The highest BCUT2D eigenvalue weighted by Crippen LogP contribution is 2.60. The van der Waals surface area contributed by atoms with E-state index >= 15 is 0 Å². The number of hydrogen-bond acceptors (Lipinski definition) is 10. The van der Waals surface area contributed by atoms with Crippen LogP contribution in [-0.2, 0) is 0 Å². The first-order chi connectivity index (χ1) is 48.3. The second-order valence-corrected chi connectivity index (χ2v) is 36.5. The summed E-state index contributed by atoms with van der Waals surface area (Å²) in [4.78, 5) is 19.5. The summed E-state index contributed by atoms with van der Waals surface area (Å²) in [7, 11) is 0. The average molecular weight is 1370 g/mol. The predicted octanol–water partition coefficient (Wildman–Crippen LogP) is 25.8. The number of pyridine rings is 2. The molecule has 4 saturated heterocycles. The van der Waals surface area contributed by atoms with Crippen molar-refractivity contribution in [2.45, 2.75) is 275 Å². The number of aryl methyl sites for hydroxylation is 4. The van der Waals surface area contributed by atoms with Gasteiger partial charge in [0.2, 0.25) is 11.4 Å². The number of aromatic nitrogens is 2. The summed E-state index contributed by atoms with van der Waals surface area (Å²) in [6, 6.07) is 44.8. The number of para-hydroxylation sites is 2. The van der Waals surface area contributed by atoms with Gasteiger partial charge in [0.1, 0.15) is 11.2 Å². The summed E-state index contributed by atoms with van der Waals surface area (Å²) in [6.45, 7) is 47.1. The fourth-order valence-electron chi connectivity index (χ4n) is 22.4. The van der Waals surface area contributed by atoms with Gasteiger partial charge >= 0.3 is 0 Å². The molecule has 10 heterocycles.